The second-order valence-corrected chi connectivity index (χ2v) is 5.05. The number of benzene rings is 1. The molecule has 0 aliphatic heterocycles. The average molecular weight is 263 g/mol. The first-order valence-corrected chi connectivity index (χ1v) is 6.37. The third kappa shape index (κ3) is 1.47. The van der Waals surface area contributed by atoms with Crippen LogP contribution in [0.1, 0.15) is 25.0 Å². The van der Waals surface area contributed by atoms with Gasteiger partial charge in [0.05, 0.1) is 11.0 Å². The third-order valence-electron chi connectivity index (χ3n) is 3.56. The van der Waals surface area contributed by atoms with Gasteiger partial charge in [-0.1, -0.05) is 17.7 Å². The number of aromatic nitrogens is 2. The molecule has 98 valence electrons. The lowest BCUT2D eigenvalue weighted by Crippen LogP contribution is -2.27. The molecule has 3 rings (SSSR count). The molecule has 0 bridgehead atoms. The summed E-state index contributed by atoms with van der Waals surface area (Å²) >= 11 is 0. The van der Waals surface area contributed by atoms with Crippen molar-refractivity contribution >= 4 is 22.3 Å². The van der Waals surface area contributed by atoms with Gasteiger partial charge < -0.3 is 0 Å². The number of hydrogen-bond donors (Lipinski definition) is 0. The minimum absolute atomic E-state index is 0.192. The summed E-state index contributed by atoms with van der Waals surface area (Å²) in [6.07, 6.45) is 0. The maximum atomic E-state index is 12.5. The molecule has 0 unspecified atom stereocenters. The van der Waals surface area contributed by atoms with Gasteiger partial charge >= 0.3 is 0 Å². The Hall–Kier alpha value is -2.67. The standard InChI is InChI=1S/C16H13N3O/c1-9(2)14-10(3)11(8-17)16(20)19-13-7-5-4-6-12(13)18-15(14)19/h4-7H,1-3H3. The maximum absolute atomic E-state index is 12.5. The topological polar surface area (TPSA) is 58.2 Å². The Kier molecular flexibility index (Phi) is 2.58. The van der Waals surface area contributed by atoms with Crippen molar-refractivity contribution in [3.05, 3.63) is 51.0 Å². The van der Waals surface area contributed by atoms with Crippen LogP contribution >= 0.6 is 0 Å². The summed E-state index contributed by atoms with van der Waals surface area (Å²) in [6, 6.07) is 9.51. The van der Waals surface area contributed by atoms with Crippen LogP contribution in [0.3, 0.4) is 0 Å². The quantitative estimate of drug-likeness (QED) is 0.622. The first-order valence-electron chi connectivity index (χ1n) is 6.37. The maximum Gasteiger partial charge on any atom is 0.275 e. The lowest BCUT2D eigenvalue weighted by Gasteiger charge is -2.03. The molecular weight excluding hydrogens is 250 g/mol. The minimum atomic E-state index is -0.293. The molecule has 20 heavy (non-hydrogen) atoms. The smallest absolute Gasteiger partial charge is 0.267 e. The van der Waals surface area contributed by atoms with Crippen LogP contribution in [0.15, 0.2) is 29.1 Å². The van der Waals surface area contributed by atoms with Crippen molar-refractivity contribution in [2.45, 2.75) is 20.8 Å². The monoisotopic (exact) mass is 263 g/mol. The number of rotatable bonds is 0. The molecule has 4 nitrogen and oxygen atoms in total. The van der Waals surface area contributed by atoms with E-state index in [4.69, 9.17) is 0 Å². The summed E-state index contributed by atoms with van der Waals surface area (Å²) in [5.74, 6) is 0. The van der Waals surface area contributed by atoms with Crippen LogP contribution in [0.2, 0.25) is 0 Å². The summed E-state index contributed by atoms with van der Waals surface area (Å²) in [6.45, 7) is 5.74. The van der Waals surface area contributed by atoms with Crippen LogP contribution in [0.4, 0.5) is 0 Å². The highest BCUT2D eigenvalue weighted by atomic mass is 16.1. The van der Waals surface area contributed by atoms with E-state index in [1.54, 1.807) is 4.40 Å². The summed E-state index contributed by atoms with van der Waals surface area (Å²) < 4.78 is 1.54. The predicted molar refractivity (Wildman–Crippen MR) is 78.4 cm³/mol. The molecule has 0 radical (unpaired) electrons. The molecule has 2 aromatic heterocycles. The number of hydrogen-bond acceptors (Lipinski definition) is 3. The highest BCUT2D eigenvalue weighted by molar-refractivity contribution is 5.81. The summed E-state index contributed by atoms with van der Waals surface area (Å²) in [5, 5.41) is 10.2. The van der Waals surface area contributed by atoms with Crippen molar-refractivity contribution in [3.8, 4) is 6.07 Å². The average Bonchev–Trinajstić information content (AvgIpc) is 2.77. The van der Waals surface area contributed by atoms with Gasteiger partial charge in [-0.05, 0) is 38.5 Å². The van der Waals surface area contributed by atoms with E-state index in [0.717, 1.165) is 21.8 Å². The normalized spacial score (nSPS) is 10.9. The van der Waals surface area contributed by atoms with E-state index in [0.29, 0.717) is 11.2 Å². The van der Waals surface area contributed by atoms with Crippen molar-refractivity contribution < 1.29 is 0 Å². The molecule has 0 atom stereocenters. The summed E-state index contributed by atoms with van der Waals surface area (Å²) in [7, 11) is 0. The van der Waals surface area contributed by atoms with Crippen molar-refractivity contribution in [2.24, 2.45) is 0 Å². The molecule has 0 N–H and O–H groups in total. The number of pyridine rings is 1. The molecule has 3 aromatic rings. The van der Waals surface area contributed by atoms with E-state index in [2.05, 4.69) is 4.98 Å². The summed E-state index contributed by atoms with van der Waals surface area (Å²) in [5.41, 5.74) is 3.79. The van der Waals surface area contributed by atoms with E-state index < -0.39 is 0 Å². The van der Waals surface area contributed by atoms with Crippen LogP contribution in [-0.2, 0) is 0 Å². The highest BCUT2D eigenvalue weighted by Crippen LogP contribution is 2.14. The largest absolute Gasteiger partial charge is 0.275 e. The Balaban J connectivity index is 2.82. The number of imidazole rings is 1. The zero-order chi connectivity index (χ0) is 14.4. The number of nitrogens with zero attached hydrogens (tertiary/aromatic N) is 3. The number of fused-ring (bicyclic) bond motifs is 3. The molecule has 1 aromatic carbocycles. The molecular formula is C16H13N3O. The minimum Gasteiger partial charge on any atom is -0.267 e. The Bertz CT molecular complexity index is 1000. The Morgan fingerprint density at radius 3 is 2.65 bits per heavy atom. The van der Waals surface area contributed by atoms with Crippen LogP contribution in [-0.4, -0.2) is 9.38 Å². The van der Waals surface area contributed by atoms with Crippen LogP contribution in [0.25, 0.3) is 22.3 Å². The second-order valence-electron chi connectivity index (χ2n) is 5.05. The van der Waals surface area contributed by atoms with Crippen LogP contribution in [0.5, 0.6) is 0 Å². The van der Waals surface area contributed by atoms with Gasteiger partial charge in [-0.3, -0.25) is 9.20 Å². The van der Waals surface area contributed by atoms with Gasteiger partial charge in [0.15, 0.2) is 0 Å². The highest BCUT2D eigenvalue weighted by Gasteiger charge is 2.15. The zero-order valence-corrected chi connectivity index (χ0v) is 11.6. The van der Waals surface area contributed by atoms with Gasteiger partial charge in [0.25, 0.3) is 5.56 Å². The van der Waals surface area contributed by atoms with Gasteiger partial charge in [0.2, 0.25) is 0 Å². The molecule has 0 saturated heterocycles. The Labute approximate surface area is 115 Å². The fourth-order valence-electron chi connectivity index (χ4n) is 2.69. The lowest BCUT2D eigenvalue weighted by molar-refractivity contribution is 1.10. The van der Waals surface area contributed by atoms with E-state index in [1.807, 2.05) is 51.1 Å². The molecule has 0 aliphatic rings. The van der Waals surface area contributed by atoms with Crippen molar-refractivity contribution in [3.63, 3.8) is 0 Å². The number of para-hydroxylation sites is 2. The molecule has 0 spiro atoms. The molecule has 0 amide bonds. The number of nitriles is 1. The fourth-order valence-corrected chi connectivity index (χ4v) is 2.69. The van der Waals surface area contributed by atoms with Gasteiger partial charge in [0.1, 0.15) is 17.3 Å². The van der Waals surface area contributed by atoms with Gasteiger partial charge in [0, 0.05) is 5.22 Å². The van der Waals surface area contributed by atoms with Gasteiger partial charge in [-0.15, -0.1) is 0 Å². The van der Waals surface area contributed by atoms with Crippen LogP contribution in [0, 0.1) is 18.3 Å². The SMILES string of the molecule is CC(C)=c1c(C)c(C#N)c(=O)n2c1nc1ccccc12. The first kappa shape index (κ1) is 12.4. The lowest BCUT2D eigenvalue weighted by atomic mass is 10.1. The summed E-state index contributed by atoms with van der Waals surface area (Å²) in [4.78, 5) is 17.1. The van der Waals surface area contributed by atoms with E-state index in [-0.39, 0.29) is 11.1 Å². The molecule has 2 heterocycles. The molecule has 0 fully saturated rings. The van der Waals surface area contributed by atoms with Crippen molar-refractivity contribution in [1.82, 2.24) is 9.38 Å². The van der Waals surface area contributed by atoms with Gasteiger partial charge in [-0.25, -0.2) is 4.98 Å². The van der Waals surface area contributed by atoms with Crippen molar-refractivity contribution in [1.29, 1.82) is 5.26 Å². The molecule has 0 aliphatic carbocycles. The first-order chi connectivity index (χ1) is 9.56. The zero-order valence-electron chi connectivity index (χ0n) is 11.6. The molecule has 0 saturated carbocycles. The predicted octanol–water partition coefficient (Wildman–Crippen LogP) is 1.94. The Morgan fingerprint density at radius 1 is 1.30 bits per heavy atom. The van der Waals surface area contributed by atoms with E-state index in [9.17, 15) is 10.1 Å². The van der Waals surface area contributed by atoms with Crippen molar-refractivity contribution in [2.75, 3.05) is 0 Å². The van der Waals surface area contributed by atoms with E-state index >= 15 is 0 Å². The fraction of sp³-hybridized carbons (Fsp3) is 0.188. The Morgan fingerprint density at radius 2 is 2.00 bits per heavy atom. The van der Waals surface area contributed by atoms with Gasteiger partial charge in [-0.2, -0.15) is 5.26 Å². The van der Waals surface area contributed by atoms with E-state index in [1.165, 1.54) is 0 Å². The third-order valence-corrected chi connectivity index (χ3v) is 3.56. The molecule has 4 heteroatoms. The van der Waals surface area contributed by atoms with Crippen LogP contribution < -0.4 is 10.8 Å². The second kappa shape index (κ2) is 4.17.